The molecule has 0 aliphatic carbocycles. The molecule has 0 saturated carbocycles. The van der Waals surface area contributed by atoms with E-state index in [1.54, 1.807) is 0 Å². The van der Waals surface area contributed by atoms with Crippen molar-refractivity contribution in [3.05, 3.63) is 97.3 Å². The van der Waals surface area contributed by atoms with Gasteiger partial charge in [-0.15, -0.1) is 12.4 Å². The summed E-state index contributed by atoms with van der Waals surface area (Å²) in [5, 5.41) is 2.45. The van der Waals surface area contributed by atoms with Gasteiger partial charge < -0.3 is 21.7 Å². The van der Waals surface area contributed by atoms with Gasteiger partial charge in [-0.3, -0.25) is 0 Å². The van der Waals surface area contributed by atoms with Gasteiger partial charge in [-0.05, 0) is 35.9 Å². The number of hydrogen-bond donors (Lipinski definition) is 0. The average molecular weight is 451 g/mol. The third-order valence-corrected chi connectivity index (χ3v) is 5.48. The highest BCUT2D eigenvalue weighted by Crippen LogP contribution is 2.35. The largest absolute Gasteiger partial charge is 1.00 e. The lowest BCUT2D eigenvalue weighted by atomic mass is 9.95. The number of fused-ring (bicyclic) bond motifs is 2. The van der Waals surface area contributed by atoms with Crippen molar-refractivity contribution in [1.29, 1.82) is 0 Å². The first-order valence-electron chi connectivity index (χ1n) is 9.95. The molecule has 5 heteroatoms. The van der Waals surface area contributed by atoms with E-state index in [0.29, 0.717) is 6.61 Å². The Labute approximate surface area is 194 Å². The van der Waals surface area contributed by atoms with Crippen molar-refractivity contribution in [2.24, 2.45) is 7.05 Å². The van der Waals surface area contributed by atoms with Crippen LogP contribution in [0.1, 0.15) is 0 Å². The number of para-hydroxylation sites is 1. The molecule has 2 heterocycles. The molecule has 5 aromatic rings. The Bertz CT molecular complexity index is 1290. The lowest BCUT2D eigenvalue weighted by Crippen LogP contribution is -3.00. The van der Waals surface area contributed by atoms with Gasteiger partial charge in [0.05, 0.1) is 17.3 Å². The molecule has 0 amide bonds. The first-order chi connectivity index (χ1) is 14.3. The van der Waals surface area contributed by atoms with E-state index in [0.717, 1.165) is 12.3 Å². The number of hydrogen-bond acceptors (Lipinski definition) is 1. The van der Waals surface area contributed by atoms with Crippen molar-refractivity contribution in [2.45, 2.75) is 6.54 Å². The van der Waals surface area contributed by atoms with Crippen LogP contribution in [0.2, 0.25) is 0 Å². The monoisotopic (exact) mass is 450 g/mol. The Morgan fingerprint density at radius 1 is 0.774 bits per heavy atom. The highest BCUT2D eigenvalue weighted by molar-refractivity contribution is 6.07. The van der Waals surface area contributed by atoms with Crippen LogP contribution >= 0.6 is 12.4 Å². The zero-order valence-electron chi connectivity index (χ0n) is 17.2. The number of rotatable bonds is 5. The maximum absolute atomic E-state index is 6.10. The third-order valence-electron chi connectivity index (χ3n) is 5.48. The molecule has 0 saturated heterocycles. The fraction of sp³-hybridized carbons (Fsp3) is 0.115. The fourth-order valence-electron chi connectivity index (χ4n) is 4.05. The molecule has 0 aliphatic heterocycles. The smallest absolute Gasteiger partial charge is 0.213 e. The summed E-state index contributed by atoms with van der Waals surface area (Å²) in [6, 6.07) is 29.7. The fourth-order valence-corrected chi connectivity index (χ4v) is 4.05. The number of nitrogens with zero attached hydrogens (tertiary/aromatic N) is 2. The van der Waals surface area contributed by atoms with Crippen LogP contribution < -0.4 is 21.7 Å². The third kappa shape index (κ3) is 4.39. The Morgan fingerprint density at radius 2 is 1.45 bits per heavy atom. The first-order valence-corrected chi connectivity index (χ1v) is 9.95. The number of benzene rings is 3. The molecular formula is C26H24Cl2N2O. The van der Waals surface area contributed by atoms with Crippen LogP contribution in [0.4, 0.5) is 0 Å². The predicted molar refractivity (Wildman–Crippen MR) is 125 cm³/mol. The molecule has 0 fully saturated rings. The Hall–Kier alpha value is -3.01. The minimum absolute atomic E-state index is 0. The van der Waals surface area contributed by atoms with Gasteiger partial charge >= 0.3 is 0 Å². The van der Waals surface area contributed by atoms with Crippen LogP contribution in [0.15, 0.2) is 97.3 Å². The molecule has 0 N–H and O–H groups in total. The highest BCUT2D eigenvalue weighted by Gasteiger charge is 2.19. The second-order valence-electron chi connectivity index (χ2n) is 7.27. The lowest BCUT2D eigenvalue weighted by molar-refractivity contribution is -0.617. The number of aromatic nitrogens is 2. The number of pyridine rings is 1. The second-order valence-corrected chi connectivity index (χ2v) is 7.27. The predicted octanol–water partition coefficient (Wildman–Crippen LogP) is 2.79. The molecule has 5 rings (SSSR count). The summed E-state index contributed by atoms with van der Waals surface area (Å²) in [4.78, 5) is 0. The van der Waals surface area contributed by atoms with Crippen LogP contribution in [-0.4, -0.2) is 11.2 Å². The summed E-state index contributed by atoms with van der Waals surface area (Å²) >= 11 is 0. The van der Waals surface area contributed by atoms with E-state index < -0.39 is 0 Å². The van der Waals surface area contributed by atoms with Gasteiger partial charge in [0.15, 0.2) is 0 Å². The second kappa shape index (κ2) is 9.86. The SMILES string of the molecule is C[n+]1c2ccccc2c(-c2ccccc2)c2cc(OCCn3cccc3)ccc21.Cl.[Cl-]. The van der Waals surface area contributed by atoms with E-state index in [4.69, 9.17) is 4.74 Å². The van der Waals surface area contributed by atoms with E-state index >= 15 is 0 Å². The molecule has 0 bridgehead atoms. The molecule has 0 unspecified atom stereocenters. The molecule has 0 aliphatic rings. The van der Waals surface area contributed by atoms with Gasteiger partial charge in [-0.2, -0.15) is 4.57 Å². The van der Waals surface area contributed by atoms with Gasteiger partial charge in [-0.1, -0.05) is 42.5 Å². The normalized spacial score (nSPS) is 10.5. The van der Waals surface area contributed by atoms with E-state index in [1.807, 2.05) is 12.1 Å². The number of aryl methyl sites for hydroxylation is 1. The van der Waals surface area contributed by atoms with Crippen LogP contribution in [0.5, 0.6) is 5.75 Å². The summed E-state index contributed by atoms with van der Waals surface area (Å²) in [5.74, 6) is 0.900. The van der Waals surface area contributed by atoms with Crippen molar-refractivity contribution in [1.82, 2.24) is 4.57 Å². The molecule has 158 valence electrons. The van der Waals surface area contributed by atoms with Gasteiger partial charge in [-0.25, -0.2) is 0 Å². The molecule has 31 heavy (non-hydrogen) atoms. The number of ether oxygens (including phenoxy) is 1. The molecule has 3 aromatic carbocycles. The van der Waals surface area contributed by atoms with E-state index in [9.17, 15) is 0 Å². The quantitative estimate of drug-likeness (QED) is 0.297. The van der Waals surface area contributed by atoms with E-state index in [-0.39, 0.29) is 24.8 Å². The maximum Gasteiger partial charge on any atom is 0.213 e. The topological polar surface area (TPSA) is 18.0 Å². The average Bonchev–Trinajstić information content (AvgIpc) is 3.28. The first kappa shape index (κ1) is 22.7. The standard InChI is InChI=1S/C26H23N2O.2ClH/c1-27-24-12-6-5-11-22(24)26(20-9-3-2-4-10-20)23-19-21(13-14-25(23)27)29-18-17-28-15-7-8-16-28;;/h2-16,19H,17-18H2,1H3;2*1H/q+1;;/p-1. The van der Waals surface area contributed by atoms with Crippen molar-refractivity contribution in [3.63, 3.8) is 0 Å². The van der Waals surface area contributed by atoms with Gasteiger partial charge in [0.25, 0.3) is 0 Å². The highest BCUT2D eigenvalue weighted by atomic mass is 35.5. The molecular weight excluding hydrogens is 427 g/mol. The summed E-state index contributed by atoms with van der Waals surface area (Å²) in [7, 11) is 2.13. The van der Waals surface area contributed by atoms with Gasteiger partial charge in [0.2, 0.25) is 11.0 Å². The zero-order valence-corrected chi connectivity index (χ0v) is 18.8. The minimum Gasteiger partial charge on any atom is -1.00 e. The summed E-state index contributed by atoms with van der Waals surface area (Å²) in [6.07, 6.45) is 4.12. The van der Waals surface area contributed by atoms with E-state index in [1.165, 1.54) is 32.9 Å². The zero-order chi connectivity index (χ0) is 19.6. The number of halogens is 2. The van der Waals surface area contributed by atoms with Crippen molar-refractivity contribution in [3.8, 4) is 16.9 Å². The minimum atomic E-state index is 0. The van der Waals surface area contributed by atoms with Crippen LogP contribution in [0.3, 0.4) is 0 Å². The van der Waals surface area contributed by atoms with Gasteiger partial charge in [0.1, 0.15) is 19.4 Å². The lowest BCUT2D eigenvalue weighted by Gasteiger charge is -2.12. The summed E-state index contributed by atoms with van der Waals surface area (Å²) < 4.78 is 10.5. The van der Waals surface area contributed by atoms with Crippen LogP contribution in [0, 0.1) is 0 Å². The van der Waals surface area contributed by atoms with Crippen LogP contribution in [0.25, 0.3) is 32.9 Å². The molecule has 0 spiro atoms. The van der Waals surface area contributed by atoms with E-state index in [2.05, 4.69) is 101 Å². The molecule has 3 nitrogen and oxygen atoms in total. The molecule has 2 aromatic heterocycles. The van der Waals surface area contributed by atoms with Crippen LogP contribution in [-0.2, 0) is 13.6 Å². The molecule has 0 atom stereocenters. The Kier molecular flexibility index (Phi) is 7.21. The Balaban J connectivity index is 0.00000136. The Morgan fingerprint density at radius 3 is 2.23 bits per heavy atom. The maximum atomic E-state index is 6.10. The van der Waals surface area contributed by atoms with Crippen molar-refractivity contribution < 1.29 is 21.7 Å². The van der Waals surface area contributed by atoms with Crippen molar-refractivity contribution in [2.75, 3.05) is 6.61 Å². The summed E-state index contributed by atoms with van der Waals surface area (Å²) in [6.45, 7) is 1.47. The van der Waals surface area contributed by atoms with Gasteiger partial charge in [0, 0.05) is 30.1 Å². The molecule has 0 radical (unpaired) electrons. The summed E-state index contributed by atoms with van der Waals surface area (Å²) in [5.41, 5.74) is 4.89. The van der Waals surface area contributed by atoms with Crippen molar-refractivity contribution >= 4 is 34.2 Å².